The summed E-state index contributed by atoms with van der Waals surface area (Å²) in [6.07, 6.45) is 0. The summed E-state index contributed by atoms with van der Waals surface area (Å²) in [5.41, 5.74) is 2.42. The third-order valence-electron chi connectivity index (χ3n) is 2.86. The third-order valence-corrected chi connectivity index (χ3v) is 3.97. The number of hydrogen-bond donors (Lipinski definition) is 2. The van der Waals surface area contributed by atoms with Crippen LogP contribution in [0.25, 0.3) is 0 Å². The van der Waals surface area contributed by atoms with E-state index in [-0.39, 0.29) is 12.5 Å². The molecule has 0 aliphatic rings. The molecule has 1 aromatic carbocycles. The molecule has 1 aromatic heterocycles. The largest absolute Gasteiger partial charge is 0.394 e. The molecule has 1 unspecified atom stereocenters. The lowest BCUT2D eigenvalue weighted by molar-refractivity contribution is 0.0916. The van der Waals surface area contributed by atoms with Crippen molar-refractivity contribution in [3.8, 4) is 0 Å². The summed E-state index contributed by atoms with van der Waals surface area (Å²) in [6.45, 7) is 1.73. The zero-order valence-electron chi connectivity index (χ0n) is 10.4. The smallest absolute Gasteiger partial charge is 0.252 e. The zero-order chi connectivity index (χ0) is 13.8. The van der Waals surface area contributed by atoms with Crippen molar-refractivity contribution in [3.63, 3.8) is 0 Å². The number of aliphatic hydroxyl groups excluding tert-OH is 1. The van der Waals surface area contributed by atoms with Gasteiger partial charge in [0.1, 0.15) is 0 Å². The molecule has 100 valence electrons. The maximum absolute atomic E-state index is 12.1. The molecule has 0 fully saturated rings. The Hall–Kier alpha value is -1.36. The van der Waals surface area contributed by atoms with Gasteiger partial charge in [0.25, 0.3) is 5.91 Å². The number of carbonyl (C=O) groups excluding carboxylic acids is 1. The molecule has 0 saturated heterocycles. The molecular weight excluding hydrogens is 282 g/mol. The van der Waals surface area contributed by atoms with Crippen LogP contribution in [0.5, 0.6) is 0 Å². The molecule has 0 spiro atoms. The maximum atomic E-state index is 12.1. The first-order valence-corrected chi connectivity index (χ1v) is 7.14. The number of aliphatic hydroxyl groups is 1. The molecule has 1 atom stereocenters. The topological polar surface area (TPSA) is 49.3 Å². The molecule has 0 radical (unpaired) electrons. The number of carbonyl (C=O) groups is 1. The first-order valence-electron chi connectivity index (χ1n) is 5.82. The standard InChI is InChI=1S/C14H14ClNO2S/c1-9-7-19-8-12(9)14(18)16-13(6-17)10-2-4-11(15)5-3-10/h2-5,7-8,13,17H,6H2,1H3,(H,16,18). The molecule has 2 aromatic rings. The highest BCUT2D eigenvalue weighted by molar-refractivity contribution is 7.08. The van der Waals surface area contributed by atoms with E-state index in [4.69, 9.17) is 11.6 Å². The summed E-state index contributed by atoms with van der Waals surface area (Å²) >= 11 is 7.31. The predicted octanol–water partition coefficient (Wildman–Crippen LogP) is 3.17. The summed E-state index contributed by atoms with van der Waals surface area (Å²) in [5.74, 6) is -0.173. The van der Waals surface area contributed by atoms with Crippen LogP contribution in [0.4, 0.5) is 0 Å². The lowest BCUT2D eigenvalue weighted by Crippen LogP contribution is -2.30. The molecular formula is C14H14ClNO2S. The minimum absolute atomic E-state index is 0.156. The Labute approximate surface area is 120 Å². The first-order chi connectivity index (χ1) is 9.11. The van der Waals surface area contributed by atoms with Gasteiger partial charge in [-0.1, -0.05) is 23.7 Å². The number of aryl methyl sites for hydroxylation is 1. The lowest BCUT2D eigenvalue weighted by Gasteiger charge is -2.16. The van der Waals surface area contributed by atoms with Crippen molar-refractivity contribution < 1.29 is 9.90 Å². The van der Waals surface area contributed by atoms with Gasteiger partial charge < -0.3 is 10.4 Å². The van der Waals surface area contributed by atoms with Crippen LogP contribution in [-0.4, -0.2) is 17.6 Å². The van der Waals surface area contributed by atoms with Crippen LogP contribution in [0.3, 0.4) is 0 Å². The van der Waals surface area contributed by atoms with Crippen molar-refractivity contribution >= 4 is 28.8 Å². The fourth-order valence-electron chi connectivity index (χ4n) is 1.76. The Morgan fingerprint density at radius 3 is 2.58 bits per heavy atom. The maximum Gasteiger partial charge on any atom is 0.252 e. The predicted molar refractivity (Wildman–Crippen MR) is 77.8 cm³/mol. The van der Waals surface area contributed by atoms with Crippen LogP contribution in [0.2, 0.25) is 5.02 Å². The van der Waals surface area contributed by atoms with E-state index >= 15 is 0 Å². The van der Waals surface area contributed by atoms with E-state index in [0.717, 1.165) is 11.1 Å². The van der Waals surface area contributed by atoms with E-state index in [1.165, 1.54) is 11.3 Å². The highest BCUT2D eigenvalue weighted by Gasteiger charge is 2.16. The fraction of sp³-hybridized carbons (Fsp3) is 0.214. The molecule has 0 aliphatic heterocycles. The van der Waals surface area contributed by atoms with Gasteiger partial charge in [0, 0.05) is 10.4 Å². The monoisotopic (exact) mass is 295 g/mol. The normalized spacial score (nSPS) is 12.2. The minimum atomic E-state index is -0.427. The second-order valence-corrected chi connectivity index (χ2v) is 5.41. The zero-order valence-corrected chi connectivity index (χ0v) is 12.0. The van der Waals surface area contributed by atoms with Gasteiger partial charge in [0.05, 0.1) is 18.2 Å². The van der Waals surface area contributed by atoms with Gasteiger partial charge >= 0.3 is 0 Å². The molecule has 2 N–H and O–H groups in total. The van der Waals surface area contributed by atoms with E-state index in [2.05, 4.69) is 5.32 Å². The Morgan fingerprint density at radius 1 is 1.37 bits per heavy atom. The molecule has 0 saturated carbocycles. The third kappa shape index (κ3) is 3.35. The van der Waals surface area contributed by atoms with Gasteiger partial charge in [-0.25, -0.2) is 0 Å². The highest BCUT2D eigenvalue weighted by atomic mass is 35.5. The second-order valence-electron chi connectivity index (χ2n) is 4.23. The molecule has 1 heterocycles. The Kier molecular flexibility index (Phi) is 4.58. The number of benzene rings is 1. The summed E-state index contributed by atoms with van der Waals surface area (Å²) in [6, 6.07) is 6.64. The Balaban J connectivity index is 2.13. The minimum Gasteiger partial charge on any atom is -0.394 e. The van der Waals surface area contributed by atoms with Crippen molar-refractivity contribution in [2.45, 2.75) is 13.0 Å². The van der Waals surface area contributed by atoms with E-state index in [1.807, 2.05) is 12.3 Å². The van der Waals surface area contributed by atoms with E-state index in [1.54, 1.807) is 29.6 Å². The molecule has 5 heteroatoms. The number of thiophene rings is 1. The summed E-state index contributed by atoms with van der Waals surface area (Å²) in [5, 5.41) is 16.6. The number of hydrogen-bond acceptors (Lipinski definition) is 3. The van der Waals surface area contributed by atoms with Crippen LogP contribution in [0.15, 0.2) is 35.0 Å². The molecule has 19 heavy (non-hydrogen) atoms. The number of nitrogens with one attached hydrogen (secondary N) is 1. The van der Waals surface area contributed by atoms with Crippen LogP contribution in [0, 0.1) is 6.92 Å². The summed E-state index contributed by atoms with van der Waals surface area (Å²) in [4.78, 5) is 12.1. The summed E-state index contributed by atoms with van der Waals surface area (Å²) < 4.78 is 0. The molecule has 0 aliphatic carbocycles. The van der Waals surface area contributed by atoms with Crippen LogP contribution >= 0.6 is 22.9 Å². The summed E-state index contributed by atoms with van der Waals surface area (Å²) in [7, 11) is 0. The van der Waals surface area contributed by atoms with E-state index in [9.17, 15) is 9.90 Å². The van der Waals surface area contributed by atoms with Gasteiger partial charge in [-0.05, 0) is 35.6 Å². The SMILES string of the molecule is Cc1cscc1C(=O)NC(CO)c1ccc(Cl)cc1. The van der Waals surface area contributed by atoms with Crippen molar-refractivity contribution in [1.29, 1.82) is 0 Å². The van der Waals surface area contributed by atoms with E-state index in [0.29, 0.717) is 10.6 Å². The van der Waals surface area contributed by atoms with E-state index < -0.39 is 6.04 Å². The van der Waals surface area contributed by atoms with Crippen molar-refractivity contribution in [2.75, 3.05) is 6.61 Å². The van der Waals surface area contributed by atoms with Gasteiger partial charge in [-0.3, -0.25) is 4.79 Å². The number of rotatable bonds is 4. The van der Waals surface area contributed by atoms with Crippen molar-refractivity contribution in [3.05, 3.63) is 56.7 Å². The van der Waals surface area contributed by atoms with Gasteiger partial charge in [-0.15, -0.1) is 0 Å². The average Bonchev–Trinajstić information content (AvgIpc) is 2.83. The van der Waals surface area contributed by atoms with Crippen LogP contribution in [-0.2, 0) is 0 Å². The number of halogens is 1. The van der Waals surface area contributed by atoms with Crippen LogP contribution < -0.4 is 5.32 Å². The molecule has 0 bridgehead atoms. The Bertz CT molecular complexity index is 565. The second kappa shape index (κ2) is 6.19. The fourth-order valence-corrected chi connectivity index (χ4v) is 2.71. The highest BCUT2D eigenvalue weighted by Crippen LogP contribution is 2.18. The Morgan fingerprint density at radius 2 is 2.05 bits per heavy atom. The lowest BCUT2D eigenvalue weighted by atomic mass is 10.1. The van der Waals surface area contributed by atoms with Gasteiger partial charge in [0.2, 0.25) is 0 Å². The first kappa shape index (κ1) is 14.1. The van der Waals surface area contributed by atoms with Gasteiger partial charge in [0.15, 0.2) is 0 Å². The van der Waals surface area contributed by atoms with Crippen molar-refractivity contribution in [1.82, 2.24) is 5.32 Å². The average molecular weight is 296 g/mol. The quantitative estimate of drug-likeness (QED) is 0.910. The van der Waals surface area contributed by atoms with Gasteiger partial charge in [-0.2, -0.15) is 11.3 Å². The molecule has 2 rings (SSSR count). The van der Waals surface area contributed by atoms with Crippen molar-refractivity contribution in [2.24, 2.45) is 0 Å². The molecule has 1 amide bonds. The van der Waals surface area contributed by atoms with Crippen LogP contribution in [0.1, 0.15) is 27.5 Å². The molecule has 3 nitrogen and oxygen atoms in total. The number of amides is 1.